The molecule has 0 aliphatic carbocycles. The van der Waals surface area contributed by atoms with Crippen LogP contribution in [0.2, 0.25) is 0 Å². The molecule has 3 heteroatoms. The summed E-state index contributed by atoms with van der Waals surface area (Å²) in [6, 6.07) is 32.9. The molecule has 0 saturated heterocycles. The fourth-order valence-electron chi connectivity index (χ4n) is 3.47. The van der Waals surface area contributed by atoms with Gasteiger partial charge in [-0.15, -0.1) is 0 Å². The summed E-state index contributed by atoms with van der Waals surface area (Å²) in [7, 11) is 0. The molecule has 0 amide bonds. The zero-order chi connectivity index (χ0) is 18.1. The van der Waals surface area contributed by atoms with Gasteiger partial charge in [0.15, 0.2) is 0 Å². The van der Waals surface area contributed by atoms with E-state index in [9.17, 15) is 0 Å². The Kier molecular flexibility index (Phi) is 3.83. The van der Waals surface area contributed by atoms with Gasteiger partial charge in [-0.3, -0.25) is 4.57 Å². The van der Waals surface area contributed by atoms with E-state index in [2.05, 4.69) is 59.2 Å². The highest BCUT2D eigenvalue weighted by Gasteiger charge is 2.13. The second-order valence-corrected chi connectivity index (χ2v) is 6.48. The van der Waals surface area contributed by atoms with Crippen molar-refractivity contribution in [1.82, 2.24) is 9.55 Å². The molecule has 2 heterocycles. The summed E-state index contributed by atoms with van der Waals surface area (Å²) >= 11 is 0. The third-order valence-electron chi connectivity index (χ3n) is 4.74. The van der Waals surface area contributed by atoms with Gasteiger partial charge in [0.25, 0.3) is 0 Å². The molecule has 0 saturated carbocycles. The van der Waals surface area contributed by atoms with Crippen molar-refractivity contribution in [2.75, 3.05) is 0 Å². The first-order chi connectivity index (χ1) is 13.4. The van der Waals surface area contributed by atoms with E-state index in [4.69, 9.17) is 9.72 Å². The lowest BCUT2D eigenvalue weighted by Gasteiger charge is -2.08. The fraction of sp³-hybridized carbons (Fsp3) is 0.0417. The zero-order valence-electron chi connectivity index (χ0n) is 14.7. The van der Waals surface area contributed by atoms with E-state index >= 15 is 0 Å². The first kappa shape index (κ1) is 15.6. The minimum Gasteiger partial charge on any atom is -0.473 e. The minimum atomic E-state index is 0.505. The summed E-state index contributed by atoms with van der Waals surface area (Å²) in [6.07, 6.45) is 0. The van der Waals surface area contributed by atoms with E-state index in [1.165, 1.54) is 5.39 Å². The average Bonchev–Trinajstić information content (AvgIpc) is 3.07. The molecule has 0 N–H and O–H groups in total. The fourth-order valence-corrected chi connectivity index (χ4v) is 3.47. The van der Waals surface area contributed by atoms with Gasteiger partial charge in [0, 0.05) is 22.5 Å². The van der Waals surface area contributed by atoms with E-state index in [1.807, 2.05) is 42.5 Å². The number of para-hydroxylation sites is 2. The molecule has 0 aliphatic heterocycles. The standard InChI is InChI=1S/C24H18N2O/c1-3-9-18(10-4-1)17-27-23-16-15-21-20-13-7-8-14-22(20)26(24(21)25-23)19-11-5-2-6-12-19/h1-16H,17H2. The average molecular weight is 350 g/mol. The maximum absolute atomic E-state index is 5.96. The van der Waals surface area contributed by atoms with E-state index in [0.29, 0.717) is 12.5 Å². The Balaban J connectivity index is 1.64. The number of aromatic nitrogens is 2. The second kappa shape index (κ2) is 6.61. The summed E-state index contributed by atoms with van der Waals surface area (Å²) in [4.78, 5) is 4.84. The summed E-state index contributed by atoms with van der Waals surface area (Å²) in [5, 5.41) is 2.32. The van der Waals surface area contributed by atoms with Crippen molar-refractivity contribution < 1.29 is 4.74 Å². The lowest BCUT2D eigenvalue weighted by atomic mass is 10.2. The normalized spacial score (nSPS) is 11.1. The second-order valence-electron chi connectivity index (χ2n) is 6.48. The van der Waals surface area contributed by atoms with Crippen LogP contribution in [0, 0.1) is 0 Å². The highest BCUT2D eigenvalue weighted by Crippen LogP contribution is 2.32. The van der Waals surface area contributed by atoms with Gasteiger partial charge in [0.1, 0.15) is 12.3 Å². The number of pyridine rings is 1. The lowest BCUT2D eigenvalue weighted by molar-refractivity contribution is 0.295. The van der Waals surface area contributed by atoms with Crippen LogP contribution < -0.4 is 4.74 Å². The van der Waals surface area contributed by atoms with Crippen LogP contribution in [-0.2, 0) is 6.61 Å². The van der Waals surface area contributed by atoms with Crippen molar-refractivity contribution in [3.05, 3.63) is 103 Å². The van der Waals surface area contributed by atoms with Crippen LogP contribution in [0.25, 0.3) is 27.6 Å². The van der Waals surface area contributed by atoms with Gasteiger partial charge in [0.05, 0.1) is 5.52 Å². The van der Waals surface area contributed by atoms with Crippen molar-refractivity contribution in [3.63, 3.8) is 0 Å². The SMILES string of the molecule is c1ccc(COc2ccc3c4ccccc4n(-c4ccccc4)c3n2)cc1. The van der Waals surface area contributed by atoms with Crippen LogP contribution in [-0.4, -0.2) is 9.55 Å². The summed E-state index contributed by atoms with van der Waals surface area (Å²) in [6.45, 7) is 0.505. The third-order valence-corrected chi connectivity index (χ3v) is 4.74. The van der Waals surface area contributed by atoms with Crippen LogP contribution in [0.1, 0.15) is 5.56 Å². The number of hydrogen-bond donors (Lipinski definition) is 0. The van der Waals surface area contributed by atoms with Crippen LogP contribution in [0.4, 0.5) is 0 Å². The van der Waals surface area contributed by atoms with Gasteiger partial charge in [-0.1, -0.05) is 66.7 Å². The van der Waals surface area contributed by atoms with Crippen molar-refractivity contribution in [3.8, 4) is 11.6 Å². The molecular weight excluding hydrogens is 332 g/mol. The molecule has 0 fully saturated rings. The Morgan fingerprint density at radius 3 is 2.19 bits per heavy atom. The van der Waals surface area contributed by atoms with Gasteiger partial charge < -0.3 is 4.74 Å². The van der Waals surface area contributed by atoms with E-state index in [-0.39, 0.29) is 0 Å². The van der Waals surface area contributed by atoms with E-state index in [1.54, 1.807) is 0 Å². The maximum Gasteiger partial charge on any atom is 0.215 e. The number of ether oxygens (including phenoxy) is 1. The lowest BCUT2D eigenvalue weighted by Crippen LogP contribution is -1.99. The number of fused-ring (bicyclic) bond motifs is 3. The molecule has 3 aromatic carbocycles. The molecule has 0 atom stereocenters. The molecule has 0 radical (unpaired) electrons. The van der Waals surface area contributed by atoms with Crippen molar-refractivity contribution in [1.29, 1.82) is 0 Å². The third kappa shape index (κ3) is 2.83. The highest BCUT2D eigenvalue weighted by atomic mass is 16.5. The van der Waals surface area contributed by atoms with Crippen molar-refractivity contribution >= 4 is 21.9 Å². The Labute approximate surface area is 157 Å². The minimum absolute atomic E-state index is 0.505. The molecule has 0 unspecified atom stereocenters. The molecule has 0 bridgehead atoms. The Morgan fingerprint density at radius 2 is 1.37 bits per heavy atom. The molecule has 5 aromatic rings. The van der Waals surface area contributed by atoms with Crippen LogP contribution in [0.3, 0.4) is 0 Å². The monoisotopic (exact) mass is 350 g/mol. The highest BCUT2D eigenvalue weighted by molar-refractivity contribution is 6.07. The Morgan fingerprint density at radius 1 is 0.667 bits per heavy atom. The van der Waals surface area contributed by atoms with Gasteiger partial charge in [-0.05, 0) is 29.8 Å². The number of hydrogen-bond acceptors (Lipinski definition) is 2. The summed E-state index contributed by atoms with van der Waals surface area (Å²) < 4.78 is 8.16. The van der Waals surface area contributed by atoms with E-state index in [0.717, 1.165) is 27.8 Å². The molecule has 0 spiro atoms. The first-order valence-electron chi connectivity index (χ1n) is 9.02. The molecule has 130 valence electrons. The van der Waals surface area contributed by atoms with Crippen LogP contribution in [0.5, 0.6) is 5.88 Å². The predicted octanol–water partition coefficient (Wildman–Crippen LogP) is 5.76. The van der Waals surface area contributed by atoms with Crippen molar-refractivity contribution in [2.45, 2.75) is 6.61 Å². The van der Waals surface area contributed by atoms with Gasteiger partial charge in [-0.2, -0.15) is 4.98 Å². The number of benzene rings is 3. The molecule has 3 nitrogen and oxygen atoms in total. The number of nitrogens with zero attached hydrogens (tertiary/aromatic N) is 2. The smallest absolute Gasteiger partial charge is 0.215 e. The van der Waals surface area contributed by atoms with Crippen molar-refractivity contribution in [2.24, 2.45) is 0 Å². The topological polar surface area (TPSA) is 27.1 Å². The molecule has 0 aliphatic rings. The largest absolute Gasteiger partial charge is 0.473 e. The molecule has 2 aromatic heterocycles. The van der Waals surface area contributed by atoms with Gasteiger partial charge >= 0.3 is 0 Å². The predicted molar refractivity (Wildman–Crippen MR) is 109 cm³/mol. The van der Waals surface area contributed by atoms with E-state index < -0.39 is 0 Å². The van der Waals surface area contributed by atoms with Crippen LogP contribution >= 0.6 is 0 Å². The molecular formula is C24H18N2O. The Hall–Kier alpha value is -3.59. The Bertz CT molecular complexity index is 1210. The van der Waals surface area contributed by atoms with Gasteiger partial charge in [0.2, 0.25) is 5.88 Å². The zero-order valence-corrected chi connectivity index (χ0v) is 14.7. The molecule has 27 heavy (non-hydrogen) atoms. The summed E-state index contributed by atoms with van der Waals surface area (Å²) in [5.41, 5.74) is 4.28. The quantitative estimate of drug-likeness (QED) is 0.412. The first-order valence-corrected chi connectivity index (χ1v) is 9.02. The van der Waals surface area contributed by atoms with Gasteiger partial charge in [-0.25, -0.2) is 0 Å². The van der Waals surface area contributed by atoms with Crippen LogP contribution in [0.15, 0.2) is 97.1 Å². The molecule has 5 rings (SSSR count). The summed E-state index contributed by atoms with van der Waals surface area (Å²) in [5.74, 6) is 0.631. The number of rotatable bonds is 4. The maximum atomic E-state index is 5.96.